The number of benzene rings is 1. The first kappa shape index (κ1) is 13.4. The van der Waals surface area contributed by atoms with Gasteiger partial charge in [-0.15, -0.1) is 0 Å². The first-order valence-electron chi connectivity index (χ1n) is 5.49. The van der Waals surface area contributed by atoms with Gasteiger partial charge in [0, 0.05) is 11.8 Å². The fourth-order valence-electron chi connectivity index (χ4n) is 1.47. The van der Waals surface area contributed by atoms with Crippen LogP contribution in [-0.4, -0.2) is 27.3 Å². The van der Waals surface area contributed by atoms with Gasteiger partial charge in [-0.1, -0.05) is 17.8 Å². The van der Waals surface area contributed by atoms with Gasteiger partial charge >= 0.3 is 5.97 Å². The molecule has 6 heteroatoms. The van der Waals surface area contributed by atoms with Crippen molar-refractivity contribution >= 4 is 17.7 Å². The first-order chi connectivity index (χ1) is 9.08. The molecule has 98 valence electrons. The van der Waals surface area contributed by atoms with Gasteiger partial charge in [0.25, 0.3) is 0 Å². The third kappa shape index (κ3) is 3.45. The highest BCUT2D eigenvalue weighted by atomic mass is 32.2. The minimum Gasteiger partial charge on any atom is -0.478 e. The standard InChI is InChI=1S/C13H12N2O3S/c1-8-6-11(15-13(14-8)19-2)18-10-5-3-4-9(7-10)12(16)17/h3-7H,1-2H3,(H,16,17). The molecule has 0 bridgehead atoms. The minimum absolute atomic E-state index is 0.174. The second kappa shape index (κ2) is 5.71. The summed E-state index contributed by atoms with van der Waals surface area (Å²) in [5.41, 5.74) is 0.970. The Kier molecular flexibility index (Phi) is 4.01. The van der Waals surface area contributed by atoms with E-state index in [1.165, 1.54) is 23.9 Å². The number of rotatable bonds is 4. The zero-order valence-electron chi connectivity index (χ0n) is 10.5. The second-order valence-corrected chi connectivity index (χ2v) is 4.54. The average molecular weight is 276 g/mol. The lowest BCUT2D eigenvalue weighted by molar-refractivity contribution is 0.0696. The van der Waals surface area contributed by atoms with Crippen LogP contribution in [0, 0.1) is 6.92 Å². The number of carbonyl (C=O) groups is 1. The summed E-state index contributed by atoms with van der Waals surface area (Å²) in [6, 6.07) is 7.98. The minimum atomic E-state index is -0.992. The smallest absolute Gasteiger partial charge is 0.335 e. The molecule has 19 heavy (non-hydrogen) atoms. The van der Waals surface area contributed by atoms with E-state index in [0.717, 1.165) is 5.69 Å². The highest BCUT2D eigenvalue weighted by Gasteiger charge is 2.07. The highest BCUT2D eigenvalue weighted by molar-refractivity contribution is 7.98. The molecule has 1 aromatic heterocycles. The summed E-state index contributed by atoms with van der Waals surface area (Å²) in [6.45, 7) is 1.85. The van der Waals surface area contributed by atoms with Gasteiger partial charge < -0.3 is 9.84 Å². The molecule has 0 unspecified atom stereocenters. The van der Waals surface area contributed by atoms with Gasteiger partial charge in [0.2, 0.25) is 5.88 Å². The van der Waals surface area contributed by atoms with Crippen LogP contribution in [0.15, 0.2) is 35.5 Å². The fraction of sp³-hybridized carbons (Fsp3) is 0.154. The van der Waals surface area contributed by atoms with Crippen molar-refractivity contribution in [2.45, 2.75) is 12.1 Å². The molecule has 0 aliphatic carbocycles. The van der Waals surface area contributed by atoms with Crippen LogP contribution in [0.3, 0.4) is 0 Å². The maximum absolute atomic E-state index is 10.9. The average Bonchev–Trinajstić information content (AvgIpc) is 2.38. The molecule has 0 radical (unpaired) electrons. The third-order valence-electron chi connectivity index (χ3n) is 2.30. The molecule has 1 heterocycles. The maximum Gasteiger partial charge on any atom is 0.335 e. The number of aryl methyl sites for hydroxylation is 1. The summed E-state index contributed by atoms with van der Waals surface area (Å²) in [4.78, 5) is 19.3. The molecule has 2 aromatic rings. The topological polar surface area (TPSA) is 72.3 Å². The Morgan fingerprint density at radius 1 is 1.32 bits per heavy atom. The van der Waals surface area contributed by atoms with E-state index in [0.29, 0.717) is 16.8 Å². The Bertz CT molecular complexity index is 617. The van der Waals surface area contributed by atoms with Crippen molar-refractivity contribution in [1.29, 1.82) is 0 Å². The molecule has 2 rings (SSSR count). The van der Waals surface area contributed by atoms with Crippen molar-refractivity contribution in [1.82, 2.24) is 9.97 Å². The van der Waals surface area contributed by atoms with Crippen LogP contribution in [0.2, 0.25) is 0 Å². The van der Waals surface area contributed by atoms with E-state index in [9.17, 15) is 4.79 Å². The summed E-state index contributed by atoms with van der Waals surface area (Å²) < 4.78 is 5.56. The molecule has 0 spiro atoms. The summed E-state index contributed by atoms with van der Waals surface area (Å²) >= 11 is 1.42. The van der Waals surface area contributed by atoms with Crippen LogP contribution in [0.1, 0.15) is 16.1 Å². The van der Waals surface area contributed by atoms with E-state index in [4.69, 9.17) is 9.84 Å². The molecule has 0 aliphatic heterocycles. The molecule has 0 fully saturated rings. The monoisotopic (exact) mass is 276 g/mol. The van der Waals surface area contributed by atoms with Crippen molar-refractivity contribution in [3.8, 4) is 11.6 Å². The Balaban J connectivity index is 2.28. The normalized spacial score (nSPS) is 10.2. The van der Waals surface area contributed by atoms with Crippen molar-refractivity contribution in [2.75, 3.05) is 6.26 Å². The van der Waals surface area contributed by atoms with Crippen molar-refractivity contribution < 1.29 is 14.6 Å². The quantitative estimate of drug-likeness (QED) is 0.683. The fourth-order valence-corrected chi connectivity index (χ4v) is 1.89. The molecular weight excluding hydrogens is 264 g/mol. The second-order valence-electron chi connectivity index (χ2n) is 3.77. The number of hydrogen-bond donors (Lipinski definition) is 1. The SMILES string of the molecule is CSc1nc(C)cc(Oc2cccc(C(=O)O)c2)n1. The zero-order chi connectivity index (χ0) is 13.8. The molecule has 5 nitrogen and oxygen atoms in total. The molecule has 1 aromatic carbocycles. The first-order valence-corrected chi connectivity index (χ1v) is 6.72. The van der Waals surface area contributed by atoms with E-state index in [-0.39, 0.29) is 5.56 Å². The Morgan fingerprint density at radius 2 is 2.11 bits per heavy atom. The Hall–Kier alpha value is -2.08. The number of hydrogen-bond acceptors (Lipinski definition) is 5. The van der Waals surface area contributed by atoms with Crippen LogP contribution in [0.4, 0.5) is 0 Å². The van der Waals surface area contributed by atoms with E-state index < -0.39 is 5.97 Å². The van der Waals surface area contributed by atoms with Crippen LogP contribution in [0.5, 0.6) is 11.6 Å². The van der Waals surface area contributed by atoms with Gasteiger partial charge in [0.05, 0.1) is 5.56 Å². The van der Waals surface area contributed by atoms with Gasteiger partial charge in [-0.2, -0.15) is 4.98 Å². The Morgan fingerprint density at radius 3 is 2.79 bits per heavy atom. The summed E-state index contributed by atoms with van der Waals surface area (Å²) in [5.74, 6) is -0.154. The van der Waals surface area contributed by atoms with Crippen LogP contribution >= 0.6 is 11.8 Å². The largest absolute Gasteiger partial charge is 0.478 e. The maximum atomic E-state index is 10.9. The number of carboxylic acid groups (broad SMARTS) is 1. The van der Waals surface area contributed by atoms with Gasteiger partial charge in [-0.05, 0) is 31.4 Å². The van der Waals surface area contributed by atoms with Crippen molar-refractivity contribution in [3.63, 3.8) is 0 Å². The predicted molar refractivity (Wildman–Crippen MR) is 72.0 cm³/mol. The van der Waals surface area contributed by atoms with Crippen LogP contribution < -0.4 is 4.74 Å². The van der Waals surface area contributed by atoms with Crippen molar-refractivity contribution in [2.24, 2.45) is 0 Å². The van der Waals surface area contributed by atoms with Crippen LogP contribution in [-0.2, 0) is 0 Å². The number of nitrogens with zero attached hydrogens (tertiary/aromatic N) is 2. The zero-order valence-corrected chi connectivity index (χ0v) is 11.3. The van der Waals surface area contributed by atoms with E-state index in [2.05, 4.69) is 9.97 Å². The number of thioether (sulfide) groups is 1. The number of aromatic nitrogens is 2. The van der Waals surface area contributed by atoms with Gasteiger partial charge in [-0.3, -0.25) is 0 Å². The third-order valence-corrected chi connectivity index (χ3v) is 2.84. The van der Waals surface area contributed by atoms with Crippen molar-refractivity contribution in [3.05, 3.63) is 41.6 Å². The molecule has 0 amide bonds. The molecule has 0 saturated heterocycles. The number of aromatic carboxylic acids is 1. The summed E-state index contributed by atoms with van der Waals surface area (Å²) in [5, 5.41) is 9.53. The van der Waals surface area contributed by atoms with E-state index >= 15 is 0 Å². The lowest BCUT2D eigenvalue weighted by atomic mass is 10.2. The molecule has 0 saturated carbocycles. The number of carboxylic acids is 1. The highest BCUT2D eigenvalue weighted by Crippen LogP contribution is 2.23. The summed E-state index contributed by atoms with van der Waals surface area (Å²) in [6.07, 6.45) is 1.88. The van der Waals surface area contributed by atoms with Crippen LogP contribution in [0.25, 0.3) is 0 Å². The van der Waals surface area contributed by atoms with E-state index in [1.807, 2.05) is 13.2 Å². The molecular formula is C13H12N2O3S. The number of ether oxygens (including phenoxy) is 1. The predicted octanol–water partition coefficient (Wildman–Crippen LogP) is 3.00. The van der Waals surface area contributed by atoms with Gasteiger partial charge in [-0.25, -0.2) is 9.78 Å². The molecule has 0 aliphatic rings. The lowest BCUT2D eigenvalue weighted by Crippen LogP contribution is -1.97. The lowest BCUT2D eigenvalue weighted by Gasteiger charge is -2.07. The summed E-state index contributed by atoms with van der Waals surface area (Å²) in [7, 11) is 0. The molecule has 1 N–H and O–H groups in total. The van der Waals surface area contributed by atoms with Gasteiger partial charge in [0.1, 0.15) is 5.75 Å². The molecule has 0 atom stereocenters. The van der Waals surface area contributed by atoms with E-state index in [1.54, 1.807) is 18.2 Å². The van der Waals surface area contributed by atoms with Gasteiger partial charge in [0.15, 0.2) is 5.16 Å². The Labute approximate surface area is 114 Å².